The van der Waals surface area contributed by atoms with Gasteiger partial charge in [0.15, 0.2) is 0 Å². The summed E-state index contributed by atoms with van der Waals surface area (Å²) in [6, 6.07) is 6.70. The van der Waals surface area contributed by atoms with Crippen LogP contribution in [0.4, 0.5) is 0 Å². The molecular formula is C14H15Cl3Ti. The first-order chi connectivity index (χ1) is 6.75. The Hall–Kier alpha value is 0.284. The van der Waals surface area contributed by atoms with E-state index in [0.29, 0.717) is 0 Å². The molecule has 0 heterocycles. The number of rotatable bonds is 2. The molecule has 1 aromatic carbocycles. The van der Waals surface area contributed by atoms with Crippen LogP contribution in [0, 0.1) is 19.9 Å². The molecule has 4 heteroatoms. The Kier molecular flexibility index (Phi) is 14.5. The van der Waals surface area contributed by atoms with Crippen LogP contribution < -0.4 is 37.2 Å². The number of benzene rings is 1. The first-order valence-corrected chi connectivity index (χ1v) is 5.08. The van der Waals surface area contributed by atoms with Crippen molar-refractivity contribution in [1.29, 1.82) is 0 Å². The van der Waals surface area contributed by atoms with Gasteiger partial charge in [0.2, 0.25) is 0 Å². The third kappa shape index (κ3) is 6.45. The molecule has 0 aromatic heterocycles. The molecule has 0 atom stereocenters. The molecule has 0 N–H and O–H groups in total. The molecule has 96 valence electrons. The summed E-state index contributed by atoms with van der Waals surface area (Å²) in [4.78, 5) is 0. The predicted molar refractivity (Wildman–Crippen MR) is 60.1 cm³/mol. The predicted octanol–water partition coefficient (Wildman–Crippen LogP) is -5.46. The molecule has 0 saturated heterocycles. The maximum atomic E-state index is 3.28. The van der Waals surface area contributed by atoms with E-state index < -0.39 is 0 Å². The first kappa shape index (κ1) is 23.4. The minimum atomic E-state index is 0. The maximum absolute atomic E-state index is 3.28. The van der Waals surface area contributed by atoms with E-state index >= 15 is 0 Å². The van der Waals surface area contributed by atoms with E-state index in [1.54, 1.807) is 0 Å². The van der Waals surface area contributed by atoms with Crippen LogP contribution in [0.5, 0.6) is 0 Å². The quantitative estimate of drug-likeness (QED) is 0.373. The van der Waals surface area contributed by atoms with Crippen molar-refractivity contribution < 1.29 is 58.9 Å². The van der Waals surface area contributed by atoms with Crippen molar-refractivity contribution in [3.05, 3.63) is 58.7 Å². The summed E-state index contributed by atoms with van der Waals surface area (Å²) in [5.41, 5.74) is 5.55. The van der Waals surface area contributed by atoms with Gasteiger partial charge in [0.05, 0.1) is 0 Å². The number of halogens is 3. The molecule has 0 saturated carbocycles. The van der Waals surface area contributed by atoms with Gasteiger partial charge in [-0.15, -0.1) is 0 Å². The Bertz CT molecular complexity index is 412. The van der Waals surface area contributed by atoms with Gasteiger partial charge in [0, 0.05) is 0 Å². The fourth-order valence-electron chi connectivity index (χ4n) is 1.72. The molecule has 0 spiro atoms. The van der Waals surface area contributed by atoms with E-state index in [1.165, 1.54) is 22.3 Å². The largest absolute Gasteiger partial charge is 4.00 e. The van der Waals surface area contributed by atoms with Crippen molar-refractivity contribution in [1.82, 2.24) is 0 Å². The molecule has 1 aliphatic rings. The van der Waals surface area contributed by atoms with Gasteiger partial charge in [0.25, 0.3) is 0 Å². The zero-order valence-electron chi connectivity index (χ0n) is 10.4. The molecule has 0 radical (unpaired) electrons. The molecule has 0 amide bonds. The van der Waals surface area contributed by atoms with Crippen LogP contribution in [0.15, 0.2) is 35.9 Å². The van der Waals surface area contributed by atoms with E-state index in [-0.39, 0.29) is 58.9 Å². The Labute approximate surface area is 143 Å². The van der Waals surface area contributed by atoms with Crippen molar-refractivity contribution in [3.63, 3.8) is 0 Å². The van der Waals surface area contributed by atoms with Crippen LogP contribution in [0.1, 0.15) is 23.1 Å². The van der Waals surface area contributed by atoms with Crippen LogP contribution in [-0.4, -0.2) is 0 Å². The summed E-state index contributed by atoms with van der Waals surface area (Å²) in [5.74, 6) is 0. The van der Waals surface area contributed by atoms with Crippen molar-refractivity contribution in [2.75, 3.05) is 0 Å². The molecule has 0 unspecified atom stereocenters. The molecule has 1 aliphatic carbocycles. The zero-order chi connectivity index (χ0) is 9.97. The molecule has 0 aliphatic heterocycles. The smallest absolute Gasteiger partial charge is 1.00 e. The van der Waals surface area contributed by atoms with Gasteiger partial charge in [-0.3, -0.25) is 6.08 Å². The first-order valence-electron chi connectivity index (χ1n) is 5.08. The van der Waals surface area contributed by atoms with Crippen molar-refractivity contribution >= 4 is 0 Å². The van der Waals surface area contributed by atoms with Crippen LogP contribution in [0.2, 0.25) is 0 Å². The average molecular weight is 338 g/mol. The summed E-state index contributed by atoms with van der Waals surface area (Å²) in [5, 5.41) is 0. The monoisotopic (exact) mass is 336 g/mol. The molecule has 0 fully saturated rings. The summed E-state index contributed by atoms with van der Waals surface area (Å²) in [6.07, 6.45) is 9.59. The van der Waals surface area contributed by atoms with Crippen LogP contribution in [0.3, 0.4) is 0 Å². The maximum Gasteiger partial charge on any atom is 4.00 e. The number of hydrogen-bond acceptors (Lipinski definition) is 0. The second-order valence-electron chi connectivity index (χ2n) is 3.95. The molecular weight excluding hydrogens is 322 g/mol. The normalized spacial score (nSPS) is 11.3. The third-order valence-corrected chi connectivity index (χ3v) is 2.76. The number of aryl methyl sites for hydroxylation is 2. The minimum Gasteiger partial charge on any atom is -1.00 e. The number of allylic oxidation sites excluding steroid dienone is 4. The van der Waals surface area contributed by atoms with Gasteiger partial charge in [-0.1, -0.05) is 24.6 Å². The fraction of sp³-hybridized carbons (Fsp3) is 0.286. The van der Waals surface area contributed by atoms with Crippen LogP contribution in [0.25, 0.3) is 0 Å². The van der Waals surface area contributed by atoms with Crippen molar-refractivity contribution in [2.24, 2.45) is 0 Å². The second kappa shape index (κ2) is 11.1. The average Bonchev–Trinajstić information content (AvgIpc) is 2.64. The molecule has 0 nitrogen and oxygen atoms in total. The van der Waals surface area contributed by atoms with E-state index in [1.807, 2.05) is 6.08 Å². The topological polar surface area (TPSA) is 0 Å². The Morgan fingerprint density at radius 3 is 2.22 bits per heavy atom. The van der Waals surface area contributed by atoms with E-state index in [4.69, 9.17) is 0 Å². The zero-order valence-corrected chi connectivity index (χ0v) is 14.3. The Morgan fingerprint density at radius 2 is 1.72 bits per heavy atom. The molecule has 0 bridgehead atoms. The van der Waals surface area contributed by atoms with Gasteiger partial charge in [0.1, 0.15) is 0 Å². The van der Waals surface area contributed by atoms with E-state index in [2.05, 4.69) is 44.2 Å². The molecule has 1 aromatic rings. The van der Waals surface area contributed by atoms with Gasteiger partial charge in [-0.25, -0.2) is 12.2 Å². The summed E-state index contributed by atoms with van der Waals surface area (Å²) < 4.78 is 0. The van der Waals surface area contributed by atoms with Crippen molar-refractivity contribution in [3.8, 4) is 0 Å². The standard InChI is InChI=1S/C14H15.3ClH.Ti/c1-11-7-8-14(9-12(11)2)10-13-5-3-4-6-13;;;;/h3-4,7-9H,5,10H2,1-2H3;3*1H;/q-1;;;;+4/p-3. The minimum absolute atomic E-state index is 0. The van der Waals surface area contributed by atoms with Gasteiger partial charge >= 0.3 is 21.7 Å². The Morgan fingerprint density at radius 1 is 1.06 bits per heavy atom. The molecule has 2 rings (SSSR count). The van der Waals surface area contributed by atoms with Crippen LogP contribution >= 0.6 is 0 Å². The fourth-order valence-corrected chi connectivity index (χ4v) is 1.72. The number of hydrogen-bond donors (Lipinski definition) is 0. The van der Waals surface area contributed by atoms with Crippen LogP contribution in [-0.2, 0) is 28.1 Å². The summed E-state index contributed by atoms with van der Waals surface area (Å²) >= 11 is 0. The SMILES string of the molecule is Cc1ccc(CC2=[C-]C=CC2)cc1C.[Cl-].[Cl-].[Cl-].[Ti+4]. The summed E-state index contributed by atoms with van der Waals surface area (Å²) in [7, 11) is 0. The Balaban J connectivity index is -0.000000562. The summed E-state index contributed by atoms with van der Waals surface area (Å²) in [6.45, 7) is 4.32. The molecule has 18 heavy (non-hydrogen) atoms. The van der Waals surface area contributed by atoms with Gasteiger partial charge in [-0.05, 0) is 37.0 Å². The van der Waals surface area contributed by atoms with Gasteiger partial charge in [-0.2, -0.15) is 5.57 Å². The van der Waals surface area contributed by atoms with E-state index in [9.17, 15) is 0 Å². The second-order valence-corrected chi connectivity index (χ2v) is 3.95. The third-order valence-electron chi connectivity index (χ3n) is 2.76. The van der Waals surface area contributed by atoms with Gasteiger partial charge < -0.3 is 37.2 Å². The van der Waals surface area contributed by atoms with Crippen molar-refractivity contribution in [2.45, 2.75) is 26.7 Å². The van der Waals surface area contributed by atoms with E-state index in [0.717, 1.165) is 12.8 Å².